The number of carbonyl (C=O) groups excluding carboxylic acids is 1. The van der Waals surface area contributed by atoms with Crippen molar-refractivity contribution in [3.8, 4) is 0 Å². The Labute approximate surface area is 113 Å². The van der Waals surface area contributed by atoms with Gasteiger partial charge < -0.3 is 5.73 Å². The van der Waals surface area contributed by atoms with E-state index in [0.29, 0.717) is 36.6 Å². The fourth-order valence-electron chi connectivity index (χ4n) is 2.38. The maximum atomic E-state index is 12.4. The van der Waals surface area contributed by atoms with Gasteiger partial charge in [0, 0.05) is 12.1 Å². The molecule has 0 spiro atoms. The molecule has 0 atom stereocenters. The van der Waals surface area contributed by atoms with Crippen molar-refractivity contribution in [1.29, 1.82) is 0 Å². The summed E-state index contributed by atoms with van der Waals surface area (Å²) in [5.74, 6) is 0.0593. The summed E-state index contributed by atoms with van der Waals surface area (Å²) in [4.78, 5) is 15.5. The highest BCUT2D eigenvalue weighted by Gasteiger charge is 2.36. The second-order valence-electron chi connectivity index (χ2n) is 4.85. The molecule has 7 heteroatoms. The highest BCUT2D eigenvalue weighted by atomic mass is 32.1. The van der Waals surface area contributed by atoms with Gasteiger partial charge >= 0.3 is 6.18 Å². The molecule has 0 bridgehead atoms. The normalized spacial score (nSPS) is 24.4. The molecule has 1 aromatic rings. The van der Waals surface area contributed by atoms with E-state index < -0.39 is 11.2 Å². The van der Waals surface area contributed by atoms with E-state index in [1.807, 2.05) is 0 Å². The average molecular weight is 292 g/mol. The SMILES string of the molecule is NCC1CCC(C(=O)c2cnc(C(F)(F)F)s2)CC1. The van der Waals surface area contributed by atoms with E-state index in [1.165, 1.54) is 0 Å². The summed E-state index contributed by atoms with van der Waals surface area (Å²) >= 11 is 0.438. The number of nitrogens with zero attached hydrogens (tertiary/aromatic N) is 1. The van der Waals surface area contributed by atoms with Crippen LogP contribution in [0.4, 0.5) is 13.2 Å². The summed E-state index contributed by atoms with van der Waals surface area (Å²) < 4.78 is 37.3. The Balaban J connectivity index is 2.02. The number of ketones is 1. The van der Waals surface area contributed by atoms with Crippen LogP contribution in [0, 0.1) is 11.8 Å². The van der Waals surface area contributed by atoms with Crippen LogP contribution in [0.3, 0.4) is 0 Å². The average Bonchev–Trinajstić information content (AvgIpc) is 2.87. The Bertz CT molecular complexity index is 450. The molecule has 1 aliphatic rings. The van der Waals surface area contributed by atoms with E-state index in [9.17, 15) is 18.0 Å². The van der Waals surface area contributed by atoms with Gasteiger partial charge in [-0.15, -0.1) is 11.3 Å². The zero-order valence-electron chi connectivity index (χ0n) is 10.2. The Hall–Kier alpha value is -0.950. The number of rotatable bonds is 3. The van der Waals surface area contributed by atoms with Crippen LogP contribution in [0.15, 0.2) is 6.20 Å². The number of nitrogens with two attached hydrogens (primary N) is 1. The van der Waals surface area contributed by atoms with Gasteiger partial charge in [0.25, 0.3) is 0 Å². The Morgan fingerprint density at radius 3 is 2.47 bits per heavy atom. The van der Waals surface area contributed by atoms with Crippen LogP contribution in [-0.2, 0) is 6.18 Å². The molecule has 1 heterocycles. The molecule has 19 heavy (non-hydrogen) atoms. The van der Waals surface area contributed by atoms with Crippen LogP contribution in [-0.4, -0.2) is 17.3 Å². The van der Waals surface area contributed by atoms with Gasteiger partial charge in [-0.05, 0) is 38.1 Å². The molecule has 2 N–H and O–H groups in total. The van der Waals surface area contributed by atoms with Crippen LogP contribution in [0.5, 0.6) is 0 Å². The first-order valence-corrected chi connectivity index (χ1v) is 7.00. The van der Waals surface area contributed by atoms with Crippen molar-refractivity contribution >= 4 is 17.1 Å². The number of thiazole rings is 1. The van der Waals surface area contributed by atoms with Crippen molar-refractivity contribution in [1.82, 2.24) is 4.98 Å². The van der Waals surface area contributed by atoms with Gasteiger partial charge in [0.05, 0.1) is 4.88 Å². The predicted molar refractivity (Wildman–Crippen MR) is 65.9 cm³/mol. The molecule has 1 fully saturated rings. The number of alkyl halides is 3. The van der Waals surface area contributed by atoms with Crippen LogP contribution < -0.4 is 5.73 Å². The Morgan fingerprint density at radius 1 is 1.37 bits per heavy atom. The van der Waals surface area contributed by atoms with E-state index in [2.05, 4.69) is 4.98 Å². The number of Topliss-reactive ketones (excluding diaryl/α,β-unsaturated/α-hetero) is 1. The van der Waals surface area contributed by atoms with E-state index in [-0.39, 0.29) is 16.6 Å². The maximum absolute atomic E-state index is 12.4. The lowest BCUT2D eigenvalue weighted by Gasteiger charge is -2.26. The van der Waals surface area contributed by atoms with Crippen molar-refractivity contribution < 1.29 is 18.0 Å². The van der Waals surface area contributed by atoms with E-state index >= 15 is 0 Å². The van der Waals surface area contributed by atoms with Crippen LogP contribution >= 0.6 is 11.3 Å². The molecule has 0 unspecified atom stereocenters. The number of aromatic nitrogens is 1. The molecule has 3 nitrogen and oxygen atoms in total. The summed E-state index contributed by atoms with van der Waals surface area (Å²) in [5, 5.41) is -0.952. The number of hydrogen-bond acceptors (Lipinski definition) is 4. The zero-order chi connectivity index (χ0) is 14.0. The zero-order valence-corrected chi connectivity index (χ0v) is 11.1. The lowest BCUT2D eigenvalue weighted by Crippen LogP contribution is -2.25. The van der Waals surface area contributed by atoms with Crippen molar-refractivity contribution in [3.63, 3.8) is 0 Å². The standard InChI is InChI=1S/C12H15F3N2OS/c13-12(14,15)11-17-6-9(19-11)10(18)8-3-1-7(5-16)2-4-8/h6-8H,1-5,16H2. The molecule has 0 radical (unpaired) electrons. The second-order valence-corrected chi connectivity index (χ2v) is 5.88. The van der Waals surface area contributed by atoms with Crippen molar-refractivity contribution in [2.75, 3.05) is 6.54 Å². The molecule has 0 aliphatic heterocycles. The second kappa shape index (κ2) is 5.58. The van der Waals surface area contributed by atoms with Crippen molar-refractivity contribution in [2.45, 2.75) is 31.9 Å². The van der Waals surface area contributed by atoms with Gasteiger partial charge in [0.2, 0.25) is 0 Å². The smallest absolute Gasteiger partial charge is 0.330 e. The highest BCUT2D eigenvalue weighted by molar-refractivity contribution is 7.13. The van der Waals surface area contributed by atoms with E-state index in [0.717, 1.165) is 19.0 Å². The number of carbonyl (C=O) groups is 1. The third-order valence-electron chi connectivity index (χ3n) is 3.54. The fraction of sp³-hybridized carbons (Fsp3) is 0.667. The minimum Gasteiger partial charge on any atom is -0.330 e. The molecule has 2 rings (SSSR count). The molecular formula is C12H15F3N2OS. The van der Waals surface area contributed by atoms with E-state index in [4.69, 9.17) is 5.73 Å². The summed E-state index contributed by atoms with van der Waals surface area (Å²) in [6.45, 7) is 0.611. The molecule has 0 amide bonds. The molecule has 0 saturated heterocycles. The maximum Gasteiger partial charge on any atom is 0.443 e. The van der Waals surface area contributed by atoms with Crippen LogP contribution in [0.25, 0.3) is 0 Å². The van der Waals surface area contributed by atoms with Crippen molar-refractivity contribution in [2.24, 2.45) is 17.6 Å². The molecule has 106 valence electrons. The third-order valence-corrected chi connectivity index (χ3v) is 4.60. The molecule has 1 aliphatic carbocycles. The third kappa shape index (κ3) is 3.33. The number of halogens is 3. The first kappa shape index (κ1) is 14.5. The van der Waals surface area contributed by atoms with Gasteiger partial charge in [0.1, 0.15) is 0 Å². The molecular weight excluding hydrogens is 277 g/mol. The van der Waals surface area contributed by atoms with Crippen LogP contribution in [0.2, 0.25) is 0 Å². The molecule has 1 aromatic heterocycles. The number of hydrogen-bond donors (Lipinski definition) is 1. The molecule has 1 saturated carbocycles. The quantitative estimate of drug-likeness (QED) is 0.871. The predicted octanol–water partition coefficient (Wildman–Crippen LogP) is 3.11. The van der Waals surface area contributed by atoms with E-state index in [1.54, 1.807) is 0 Å². The topological polar surface area (TPSA) is 56.0 Å². The molecule has 0 aromatic carbocycles. The monoisotopic (exact) mass is 292 g/mol. The van der Waals surface area contributed by atoms with Crippen LogP contribution in [0.1, 0.15) is 40.4 Å². The summed E-state index contributed by atoms with van der Waals surface area (Å²) in [5.41, 5.74) is 5.57. The van der Waals surface area contributed by atoms with Crippen molar-refractivity contribution in [3.05, 3.63) is 16.1 Å². The first-order valence-electron chi connectivity index (χ1n) is 6.19. The summed E-state index contributed by atoms with van der Waals surface area (Å²) in [7, 11) is 0. The minimum atomic E-state index is -4.47. The minimum absolute atomic E-state index is 0.114. The highest BCUT2D eigenvalue weighted by Crippen LogP contribution is 2.35. The van der Waals surface area contributed by atoms with Gasteiger partial charge in [-0.25, -0.2) is 4.98 Å². The lowest BCUT2D eigenvalue weighted by atomic mass is 9.80. The Kier molecular flexibility index (Phi) is 4.25. The lowest BCUT2D eigenvalue weighted by molar-refractivity contribution is -0.137. The Morgan fingerprint density at radius 2 is 2.00 bits per heavy atom. The summed E-state index contributed by atoms with van der Waals surface area (Å²) in [6.07, 6.45) is -0.263. The van der Waals surface area contributed by atoms with Gasteiger partial charge in [-0.1, -0.05) is 0 Å². The fourth-order valence-corrected chi connectivity index (χ4v) is 3.18. The van der Waals surface area contributed by atoms with Gasteiger partial charge in [-0.2, -0.15) is 13.2 Å². The van der Waals surface area contributed by atoms with Gasteiger partial charge in [0.15, 0.2) is 10.8 Å². The van der Waals surface area contributed by atoms with Gasteiger partial charge in [-0.3, -0.25) is 4.79 Å². The largest absolute Gasteiger partial charge is 0.443 e. The summed E-state index contributed by atoms with van der Waals surface area (Å²) in [6, 6.07) is 0. The first-order chi connectivity index (χ1) is 8.91.